The summed E-state index contributed by atoms with van der Waals surface area (Å²) in [6, 6.07) is 5.50. The zero-order valence-electron chi connectivity index (χ0n) is 12.1. The van der Waals surface area contributed by atoms with Crippen LogP contribution in [0.15, 0.2) is 54.2 Å². The Kier molecular flexibility index (Phi) is 3.80. The number of aliphatic hydroxyl groups is 1. The Hall–Kier alpha value is -2.81. The number of hydrazone groups is 1. The SMILES string of the molecule is O=C(c1cccnc1)N1N=C(C(F)(F)F)C[C@@]1(O)c1ccncc1. The van der Waals surface area contributed by atoms with Crippen LogP contribution in [0, 0.1) is 0 Å². The standard InChI is InChI=1S/C15H11F3N4O2/c16-15(17,18)12-8-14(24,11-3-6-19-7-4-11)22(21-12)13(23)10-2-1-5-20-9-10/h1-7,9,24H,8H2/t14-/m1/s1. The summed E-state index contributed by atoms with van der Waals surface area (Å²) in [5, 5.41) is 14.6. The third-order valence-corrected chi connectivity index (χ3v) is 3.56. The molecule has 124 valence electrons. The highest BCUT2D eigenvalue weighted by atomic mass is 19.4. The number of carbonyl (C=O) groups excluding carboxylic acids is 1. The van der Waals surface area contributed by atoms with Crippen molar-refractivity contribution in [3.8, 4) is 0 Å². The Morgan fingerprint density at radius 1 is 1.17 bits per heavy atom. The van der Waals surface area contributed by atoms with Gasteiger partial charge < -0.3 is 5.11 Å². The average molecular weight is 336 g/mol. The largest absolute Gasteiger partial charge is 0.431 e. The molecule has 0 aromatic carbocycles. The van der Waals surface area contributed by atoms with Crippen LogP contribution in [-0.4, -0.2) is 37.9 Å². The molecule has 1 N–H and O–H groups in total. The third kappa shape index (κ3) is 2.73. The fourth-order valence-electron chi connectivity index (χ4n) is 2.37. The number of pyridine rings is 2. The van der Waals surface area contributed by atoms with Gasteiger partial charge in [-0.25, -0.2) is 0 Å². The van der Waals surface area contributed by atoms with E-state index in [9.17, 15) is 23.1 Å². The molecule has 24 heavy (non-hydrogen) atoms. The van der Waals surface area contributed by atoms with E-state index in [1.165, 1.54) is 49.1 Å². The predicted octanol–water partition coefficient (Wildman–Crippen LogP) is 2.09. The van der Waals surface area contributed by atoms with E-state index < -0.39 is 29.9 Å². The molecular weight excluding hydrogens is 325 g/mol. The van der Waals surface area contributed by atoms with Gasteiger partial charge in [0.1, 0.15) is 5.71 Å². The van der Waals surface area contributed by atoms with Crippen molar-refractivity contribution < 1.29 is 23.1 Å². The maximum Gasteiger partial charge on any atom is 0.431 e. The van der Waals surface area contributed by atoms with E-state index in [0.29, 0.717) is 5.01 Å². The summed E-state index contributed by atoms with van der Waals surface area (Å²) in [5.41, 5.74) is -3.39. The van der Waals surface area contributed by atoms with Crippen molar-refractivity contribution in [2.45, 2.75) is 18.3 Å². The van der Waals surface area contributed by atoms with Crippen molar-refractivity contribution in [3.63, 3.8) is 0 Å². The van der Waals surface area contributed by atoms with Crippen LogP contribution in [0.25, 0.3) is 0 Å². The highest BCUT2D eigenvalue weighted by molar-refractivity contribution is 5.99. The molecule has 0 saturated carbocycles. The molecule has 1 aliphatic rings. The van der Waals surface area contributed by atoms with Gasteiger partial charge in [0.25, 0.3) is 5.91 Å². The second kappa shape index (κ2) is 5.68. The normalized spacial score (nSPS) is 20.8. The van der Waals surface area contributed by atoms with E-state index in [2.05, 4.69) is 15.1 Å². The molecule has 3 rings (SSSR count). The lowest BCUT2D eigenvalue weighted by Gasteiger charge is -2.31. The lowest BCUT2D eigenvalue weighted by Crippen LogP contribution is -2.43. The van der Waals surface area contributed by atoms with Gasteiger partial charge in [0.05, 0.1) is 12.0 Å². The molecule has 1 atom stereocenters. The molecule has 6 nitrogen and oxygen atoms in total. The molecule has 0 aliphatic carbocycles. The van der Waals surface area contributed by atoms with Crippen molar-refractivity contribution in [2.24, 2.45) is 5.10 Å². The van der Waals surface area contributed by atoms with E-state index >= 15 is 0 Å². The van der Waals surface area contributed by atoms with Crippen LogP contribution in [-0.2, 0) is 5.72 Å². The van der Waals surface area contributed by atoms with Crippen molar-refractivity contribution >= 4 is 11.6 Å². The summed E-state index contributed by atoms with van der Waals surface area (Å²) in [6.07, 6.45) is -0.397. The number of rotatable bonds is 2. The lowest BCUT2D eigenvalue weighted by atomic mass is 9.97. The third-order valence-electron chi connectivity index (χ3n) is 3.56. The Balaban J connectivity index is 2.07. The zero-order valence-corrected chi connectivity index (χ0v) is 12.1. The fourth-order valence-corrected chi connectivity index (χ4v) is 2.37. The molecule has 3 heterocycles. The number of hydrogen-bond acceptors (Lipinski definition) is 5. The van der Waals surface area contributed by atoms with Crippen molar-refractivity contribution in [2.75, 3.05) is 0 Å². The molecular formula is C15H11F3N4O2. The van der Waals surface area contributed by atoms with Crippen LogP contribution in [0.5, 0.6) is 0 Å². The molecule has 2 aromatic rings. The van der Waals surface area contributed by atoms with E-state index in [1.54, 1.807) is 0 Å². The molecule has 0 radical (unpaired) electrons. The van der Waals surface area contributed by atoms with Crippen molar-refractivity contribution in [3.05, 3.63) is 60.2 Å². The first-order valence-corrected chi connectivity index (χ1v) is 6.84. The molecule has 2 aromatic heterocycles. The first kappa shape index (κ1) is 16.1. The highest BCUT2D eigenvalue weighted by Gasteiger charge is 2.53. The number of carbonyl (C=O) groups is 1. The Bertz CT molecular complexity index is 780. The van der Waals surface area contributed by atoms with E-state index in [0.717, 1.165) is 0 Å². The number of halogens is 3. The number of hydrogen-bond donors (Lipinski definition) is 1. The number of amides is 1. The predicted molar refractivity (Wildman–Crippen MR) is 76.6 cm³/mol. The van der Waals surface area contributed by atoms with E-state index in [4.69, 9.17) is 0 Å². The zero-order chi connectivity index (χ0) is 17.4. The summed E-state index contributed by atoms with van der Waals surface area (Å²) in [7, 11) is 0. The fraction of sp³-hybridized carbons (Fsp3) is 0.200. The maximum absolute atomic E-state index is 13.1. The summed E-state index contributed by atoms with van der Waals surface area (Å²) in [4.78, 5) is 20.1. The first-order valence-electron chi connectivity index (χ1n) is 6.84. The van der Waals surface area contributed by atoms with Crippen LogP contribution in [0.3, 0.4) is 0 Å². The smallest absolute Gasteiger partial charge is 0.365 e. The van der Waals surface area contributed by atoms with Crippen LogP contribution in [0.1, 0.15) is 22.3 Å². The van der Waals surface area contributed by atoms with Gasteiger partial charge in [0.15, 0.2) is 5.72 Å². The molecule has 0 fully saturated rings. The maximum atomic E-state index is 13.1. The van der Waals surface area contributed by atoms with Gasteiger partial charge in [-0.05, 0) is 24.3 Å². The van der Waals surface area contributed by atoms with Gasteiger partial charge in [-0.2, -0.15) is 23.3 Å². The second-order valence-corrected chi connectivity index (χ2v) is 5.13. The van der Waals surface area contributed by atoms with Gasteiger partial charge in [-0.3, -0.25) is 14.8 Å². The minimum atomic E-state index is -4.76. The highest BCUT2D eigenvalue weighted by Crippen LogP contribution is 2.40. The molecule has 0 unspecified atom stereocenters. The van der Waals surface area contributed by atoms with Crippen LogP contribution < -0.4 is 0 Å². The van der Waals surface area contributed by atoms with Gasteiger partial charge in [0.2, 0.25) is 0 Å². The van der Waals surface area contributed by atoms with Crippen LogP contribution in [0.2, 0.25) is 0 Å². The Labute approximate surface area is 134 Å². The van der Waals surface area contributed by atoms with E-state index in [1.807, 2.05) is 0 Å². The second-order valence-electron chi connectivity index (χ2n) is 5.13. The van der Waals surface area contributed by atoms with Crippen molar-refractivity contribution in [1.82, 2.24) is 15.0 Å². The van der Waals surface area contributed by atoms with Gasteiger partial charge in [-0.15, -0.1) is 0 Å². The Morgan fingerprint density at radius 3 is 2.46 bits per heavy atom. The summed E-state index contributed by atoms with van der Waals surface area (Å²) < 4.78 is 39.2. The quantitative estimate of drug-likeness (QED) is 0.911. The summed E-state index contributed by atoms with van der Waals surface area (Å²) in [5.74, 6) is -0.887. The molecule has 9 heteroatoms. The molecule has 0 spiro atoms. The Morgan fingerprint density at radius 2 is 1.88 bits per heavy atom. The monoisotopic (exact) mass is 336 g/mol. The van der Waals surface area contributed by atoms with Gasteiger partial charge >= 0.3 is 6.18 Å². The summed E-state index contributed by atoms with van der Waals surface area (Å²) >= 11 is 0. The van der Waals surface area contributed by atoms with Crippen LogP contribution in [0.4, 0.5) is 13.2 Å². The lowest BCUT2D eigenvalue weighted by molar-refractivity contribution is -0.0816. The molecule has 1 aliphatic heterocycles. The molecule has 1 amide bonds. The van der Waals surface area contributed by atoms with Crippen molar-refractivity contribution in [1.29, 1.82) is 0 Å². The summed E-state index contributed by atoms with van der Waals surface area (Å²) in [6.45, 7) is 0. The number of nitrogens with zero attached hydrogens (tertiary/aromatic N) is 4. The minimum absolute atomic E-state index is 0.0113. The minimum Gasteiger partial charge on any atom is -0.365 e. The number of aromatic nitrogens is 2. The molecule has 0 saturated heterocycles. The van der Waals surface area contributed by atoms with E-state index in [-0.39, 0.29) is 11.1 Å². The first-order chi connectivity index (χ1) is 11.3. The molecule has 0 bridgehead atoms. The van der Waals surface area contributed by atoms with Gasteiger partial charge in [-0.1, -0.05) is 0 Å². The topological polar surface area (TPSA) is 78.7 Å². The van der Waals surface area contributed by atoms with Crippen LogP contribution >= 0.6 is 0 Å². The average Bonchev–Trinajstić information content (AvgIpc) is 2.95. The number of alkyl halides is 3. The van der Waals surface area contributed by atoms with Gasteiger partial charge in [0, 0.05) is 30.4 Å².